The van der Waals surface area contributed by atoms with E-state index in [0.717, 1.165) is 24.3 Å². The number of anilines is 1. The van der Waals surface area contributed by atoms with Gasteiger partial charge in [0.15, 0.2) is 0 Å². The first-order valence-corrected chi connectivity index (χ1v) is 7.99. The molecule has 0 saturated heterocycles. The summed E-state index contributed by atoms with van der Waals surface area (Å²) in [6.45, 7) is 1.02. The van der Waals surface area contributed by atoms with Gasteiger partial charge >= 0.3 is 12.1 Å². The number of hydrogen-bond donors (Lipinski definition) is 2. The molecule has 2 rings (SSSR count). The van der Waals surface area contributed by atoms with Gasteiger partial charge in [-0.25, -0.2) is 4.79 Å². The summed E-state index contributed by atoms with van der Waals surface area (Å²) in [4.78, 5) is 24.0. The van der Waals surface area contributed by atoms with E-state index in [0.29, 0.717) is 4.88 Å². The second kappa shape index (κ2) is 7.24. The summed E-state index contributed by atoms with van der Waals surface area (Å²) >= 11 is 1.21. The summed E-state index contributed by atoms with van der Waals surface area (Å²) in [6.07, 6.45) is -5.26. The van der Waals surface area contributed by atoms with Crippen LogP contribution in [0.15, 0.2) is 41.8 Å². The Kier molecular flexibility index (Phi) is 5.48. The fourth-order valence-corrected chi connectivity index (χ4v) is 2.65. The van der Waals surface area contributed by atoms with Gasteiger partial charge < -0.3 is 15.2 Å². The number of carbonyl (C=O) groups is 2. The van der Waals surface area contributed by atoms with E-state index in [1.807, 2.05) is 0 Å². The van der Waals surface area contributed by atoms with Gasteiger partial charge in [-0.15, -0.1) is 11.3 Å². The van der Waals surface area contributed by atoms with Crippen LogP contribution in [0.3, 0.4) is 0 Å². The van der Waals surface area contributed by atoms with E-state index < -0.39 is 29.2 Å². The first kappa shape index (κ1) is 18.9. The molecule has 2 aromatic rings. The third kappa shape index (κ3) is 3.83. The molecule has 0 saturated carbocycles. The molecule has 1 aromatic heterocycles. The highest BCUT2D eigenvalue weighted by molar-refractivity contribution is 7.12. The van der Waals surface area contributed by atoms with Crippen LogP contribution in [0, 0.1) is 0 Å². The molecule has 1 aromatic carbocycles. The minimum Gasteiger partial charge on any atom is -0.463 e. The fraction of sp³-hybridized carbons (Fsp3) is 0.250. The molecular weight excluding hydrogens is 359 g/mol. The van der Waals surface area contributed by atoms with Gasteiger partial charge in [-0.05, 0) is 30.5 Å². The van der Waals surface area contributed by atoms with Crippen LogP contribution in [-0.4, -0.2) is 29.8 Å². The number of rotatable bonds is 5. The smallest absolute Gasteiger partial charge is 0.432 e. The number of aliphatic hydroxyl groups is 1. The third-order valence-electron chi connectivity index (χ3n) is 3.29. The molecule has 0 radical (unpaired) electrons. The minimum absolute atomic E-state index is 0.218. The number of halogens is 3. The van der Waals surface area contributed by atoms with Gasteiger partial charge in [-0.1, -0.05) is 18.2 Å². The summed E-state index contributed by atoms with van der Waals surface area (Å²) in [6, 6.07) is 7.43. The number of carbonyl (C=O) groups excluding carboxylic acids is 2. The van der Waals surface area contributed by atoms with Crippen LogP contribution in [-0.2, 0) is 15.1 Å². The van der Waals surface area contributed by atoms with E-state index in [1.165, 1.54) is 18.3 Å². The van der Waals surface area contributed by atoms with Crippen molar-refractivity contribution < 1.29 is 32.6 Å². The molecule has 0 aliphatic carbocycles. The molecule has 1 heterocycles. The van der Waals surface area contributed by atoms with Crippen LogP contribution in [0.1, 0.15) is 22.2 Å². The summed E-state index contributed by atoms with van der Waals surface area (Å²) in [7, 11) is 0. The molecule has 1 atom stereocenters. The maximum absolute atomic E-state index is 13.2. The molecule has 134 valence electrons. The summed E-state index contributed by atoms with van der Waals surface area (Å²) in [5.41, 5.74) is -4.26. The third-order valence-corrected chi connectivity index (χ3v) is 4.16. The van der Waals surface area contributed by atoms with Gasteiger partial charge in [-0.3, -0.25) is 4.79 Å². The Labute approximate surface area is 145 Å². The number of amides is 1. The summed E-state index contributed by atoms with van der Waals surface area (Å²) in [5, 5.41) is 14.2. The first-order valence-electron chi connectivity index (χ1n) is 7.12. The van der Waals surface area contributed by atoms with Crippen molar-refractivity contribution in [3.63, 3.8) is 0 Å². The lowest BCUT2D eigenvalue weighted by molar-refractivity contribution is -0.267. The van der Waals surface area contributed by atoms with Crippen molar-refractivity contribution in [2.75, 3.05) is 11.9 Å². The van der Waals surface area contributed by atoms with Gasteiger partial charge in [0.05, 0.1) is 11.5 Å². The average Bonchev–Trinajstić information content (AvgIpc) is 3.08. The first-order chi connectivity index (χ1) is 11.7. The second-order valence-electron chi connectivity index (χ2n) is 4.94. The van der Waals surface area contributed by atoms with E-state index >= 15 is 0 Å². The number of benzene rings is 1. The highest BCUT2D eigenvalue weighted by Crippen LogP contribution is 2.40. The molecule has 2 N–H and O–H groups in total. The summed E-state index contributed by atoms with van der Waals surface area (Å²) < 4.78 is 44.1. The van der Waals surface area contributed by atoms with Gasteiger partial charge in [0.2, 0.25) is 0 Å². The Morgan fingerprint density at radius 1 is 1.20 bits per heavy atom. The van der Waals surface area contributed by atoms with Crippen molar-refractivity contribution >= 4 is 28.9 Å². The number of nitrogens with one attached hydrogen (secondary N) is 1. The molecule has 0 unspecified atom stereocenters. The van der Waals surface area contributed by atoms with E-state index in [9.17, 15) is 27.9 Å². The van der Waals surface area contributed by atoms with Gasteiger partial charge in [0.25, 0.3) is 11.5 Å². The molecule has 0 spiro atoms. The monoisotopic (exact) mass is 373 g/mol. The highest BCUT2D eigenvalue weighted by atomic mass is 32.1. The van der Waals surface area contributed by atoms with Gasteiger partial charge in [0.1, 0.15) is 0 Å². The maximum Gasteiger partial charge on any atom is 0.432 e. The molecule has 5 nitrogen and oxygen atoms in total. The molecule has 1 amide bonds. The van der Waals surface area contributed by atoms with Crippen LogP contribution < -0.4 is 5.32 Å². The van der Waals surface area contributed by atoms with Crippen molar-refractivity contribution in [2.24, 2.45) is 0 Å². The number of ether oxygens (including phenoxy) is 1. The molecule has 0 bridgehead atoms. The Bertz CT molecular complexity index is 744. The molecular formula is C16H14F3NO4S. The van der Waals surface area contributed by atoms with Crippen molar-refractivity contribution in [3.05, 3.63) is 52.2 Å². The second-order valence-corrected chi connectivity index (χ2v) is 5.89. The number of esters is 1. The summed E-state index contributed by atoms with van der Waals surface area (Å²) in [5.74, 6) is -2.22. The molecule has 25 heavy (non-hydrogen) atoms. The lowest BCUT2D eigenvalue weighted by Crippen LogP contribution is -2.50. The fourth-order valence-electron chi connectivity index (χ4n) is 2.03. The van der Waals surface area contributed by atoms with E-state index in [-0.39, 0.29) is 12.3 Å². The highest BCUT2D eigenvalue weighted by Gasteiger charge is 2.62. The van der Waals surface area contributed by atoms with Crippen molar-refractivity contribution in [1.82, 2.24) is 0 Å². The van der Waals surface area contributed by atoms with Gasteiger partial charge in [0, 0.05) is 11.3 Å². The van der Waals surface area contributed by atoms with E-state index in [1.54, 1.807) is 17.5 Å². The quantitative estimate of drug-likeness (QED) is 0.789. The zero-order valence-corrected chi connectivity index (χ0v) is 13.8. The standard InChI is InChI=1S/C16H14F3NO4S/c1-2-24-14(22)15(23,16(17,18)19)10-5-7-11(8-6-10)20-13(21)12-4-3-9-25-12/h3-9,23H,2H2,1H3,(H,20,21)/t15-/m0/s1. The van der Waals surface area contributed by atoms with E-state index in [4.69, 9.17) is 0 Å². The predicted molar refractivity (Wildman–Crippen MR) is 85.3 cm³/mol. The zero-order valence-electron chi connectivity index (χ0n) is 13.0. The van der Waals surface area contributed by atoms with Crippen LogP contribution in [0.2, 0.25) is 0 Å². The number of alkyl halides is 3. The minimum atomic E-state index is -5.26. The van der Waals surface area contributed by atoms with Crippen molar-refractivity contribution in [1.29, 1.82) is 0 Å². The van der Waals surface area contributed by atoms with Crippen LogP contribution in [0.4, 0.5) is 18.9 Å². The molecule has 0 aliphatic heterocycles. The predicted octanol–water partition coefficient (Wildman–Crippen LogP) is 3.31. The van der Waals surface area contributed by atoms with E-state index in [2.05, 4.69) is 10.1 Å². The lowest BCUT2D eigenvalue weighted by Gasteiger charge is -2.28. The van der Waals surface area contributed by atoms with Crippen molar-refractivity contribution in [2.45, 2.75) is 18.7 Å². The largest absolute Gasteiger partial charge is 0.463 e. The topological polar surface area (TPSA) is 75.6 Å². The number of hydrogen-bond acceptors (Lipinski definition) is 5. The zero-order chi connectivity index (χ0) is 18.7. The number of thiophene rings is 1. The Morgan fingerprint density at radius 3 is 2.32 bits per heavy atom. The maximum atomic E-state index is 13.2. The van der Waals surface area contributed by atoms with Crippen molar-refractivity contribution in [3.8, 4) is 0 Å². The molecule has 0 aliphatic rings. The van der Waals surface area contributed by atoms with Crippen LogP contribution in [0.5, 0.6) is 0 Å². The Balaban J connectivity index is 2.27. The van der Waals surface area contributed by atoms with Crippen LogP contribution >= 0.6 is 11.3 Å². The molecule has 0 fully saturated rings. The normalized spacial score (nSPS) is 13.8. The average molecular weight is 373 g/mol. The Hall–Kier alpha value is -2.39. The molecule has 9 heteroatoms. The van der Waals surface area contributed by atoms with Gasteiger partial charge in [-0.2, -0.15) is 13.2 Å². The lowest BCUT2D eigenvalue weighted by atomic mass is 9.93. The SMILES string of the molecule is CCOC(=O)[C@@](O)(c1ccc(NC(=O)c2cccs2)cc1)C(F)(F)F. The Morgan fingerprint density at radius 2 is 1.84 bits per heavy atom. The van der Waals surface area contributed by atoms with Crippen LogP contribution in [0.25, 0.3) is 0 Å².